The molecule has 0 radical (unpaired) electrons. The summed E-state index contributed by atoms with van der Waals surface area (Å²) in [5.41, 5.74) is 2.42. The third-order valence-electron chi connectivity index (χ3n) is 1.90. The maximum atomic E-state index is 11.6. The fourth-order valence-electron chi connectivity index (χ4n) is 1.04. The number of hydrogen-bond donors (Lipinski definition) is 1. The van der Waals surface area contributed by atoms with Crippen LogP contribution in [0.3, 0.4) is 0 Å². The van der Waals surface area contributed by atoms with Crippen LogP contribution in [0.25, 0.3) is 0 Å². The van der Waals surface area contributed by atoms with Gasteiger partial charge in [0.1, 0.15) is 0 Å². The Kier molecular flexibility index (Phi) is 4.65. The molecule has 0 aliphatic heterocycles. The van der Waals surface area contributed by atoms with Gasteiger partial charge in [-0.3, -0.25) is 0 Å². The first-order valence-electron chi connectivity index (χ1n) is 4.48. The molecule has 0 unspecified atom stereocenters. The molecule has 86 valence electrons. The average Bonchev–Trinajstić information content (AvgIpc) is 2.67. The first kappa shape index (κ1) is 12.6. The fourth-order valence-corrected chi connectivity index (χ4v) is 2.73. The summed E-state index contributed by atoms with van der Waals surface area (Å²) in [6, 6.07) is 0. The highest BCUT2D eigenvalue weighted by Crippen LogP contribution is 2.08. The minimum Gasteiger partial charge on any atom is -0.396 e. The van der Waals surface area contributed by atoms with Gasteiger partial charge in [-0.25, -0.2) is 13.4 Å². The molecular formula is C8H14N2O3S2. The van der Waals surface area contributed by atoms with Crippen molar-refractivity contribution < 1.29 is 13.5 Å². The Morgan fingerprint density at radius 3 is 2.87 bits per heavy atom. The van der Waals surface area contributed by atoms with Crippen LogP contribution in [-0.2, 0) is 16.6 Å². The highest BCUT2D eigenvalue weighted by molar-refractivity contribution is 7.89. The lowest BCUT2D eigenvalue weighted by molar-refractivity contribution is 0.294. The predicted octanol–water partition coefficient (Wildman–Crippen LogP) is 0.287. The summed E-state index contributed by atoms with van der Waals surface area (Å²) in [5.74, 6) is -0.0237. The van der Waals surface area contributed by atoms with Gasteiger partial charge in [-0.15, -0.1) is 11.3 Å². The minimum absolute atomic E-state index is 0.0237. The predicted molar refractivity (Wildman–Crippen MR) is 59.1 cm³/mol. The van der Waals surface area contributed by atoms with Gasteiger partial charge in [0.05, 0.1) is 23.5 Å². The normalized spacial score (nSPS) is 12.2. The van der Waals surface area contributed by atoms with E-state index in [0.29, 0.717) is 0 Å². The smallest absolute Gasteiger partial charge is 0.214 e. The minimum atomic E-state index is -3.26. The number of aliphatic hydroxyl groups is 1. The van der Waals surface area contributed by atoms with E-state index in [9.17, 15) is 8.42 Å². The van der Waals surface area contributed by atoms with Crippen LogP contribution in [0, 0.1) is 0 Å². The second-order valence-corrected chi connectivity index (χ2v) is 6.04. The van der Waals surface area contributed by atoms with Gasteiger partial charge in [-0.2, -0.15) is 4.31 Å². The van der Waals surface area contributed by atoms with Gasteiger partial charge in [0.15, 0.2) is 0 Å². The number of thiazole rings is 1. The van der Waals surface area contributed by atoms with Crippen LogP contribution in [0.15, 0.2) is 10.9 Å². The van der Waals surface area contributed by atoms with Gasteiger partial charge in [-0.05, 0) is 6.42 Å². The summed E-state index contributed by atoms with van der Waals surface area (Å²) in [6.07, 6.45) is 0.268. The van der Waals surface area contributed by atoms with Gasteiger partial charge < -0.3 is 5.11 Å². The van der Waals surface area contributed by atoms with Crippen LogP contribution in [0.1, 0.15) is 12.1 Å². The van der Waals surface area contributed by atoms with E-state index in [2.05, 4.69) is 4.98 Å². The van der Waals surface area contributed by atoms with Crippen molar-refractivity contribution in [2.75, 3.05) is 19.4 Å². The molecule has 0 atom stereocenters. The van der Waals surface area contributed by atoms with E-state index in [1.54, 1.807) is 5.51 Å². The third-order valence-corrected chi connectivity index (χ3v) is 4.42. The number of nitrogens with zero attached hydrogens (tertiary/aromatic N) is 2. The molecule has 7 heteroatoms. The monoisotopic (exact) mass is 250 g/mol. The van der Waals surface area contributed by atoms with E-state index < -0.39 is 10.0 Å². The van der Waals surface area contributed by atoms with Crippen molar-refractivity contribution in [1.29, 1.82) is 0 Å². The average molecular weight is 250 g/mol. The molecule has 0 saturated heterocycles. The van der Waals surface area contributed by atoms with Gasteiger partial charge in [0, 0.05) is 19.0 Å². The summed E-state index contributed by atoms with van der Waals surface area (Å²) in [6.45, 7) is 0.182. The molecule has 5 nitrogen and oxygen atoms in total. The van der Waals surface area contributed by atoms with Gasteiger partial charge in [0.2, 0.25) is 10.0 Å². The van der Waals surface area contributed by atoms with Crippen molar-refractivity contribution in [3.05, 3.63) is 16.6 Å². The highest BCUT2D eigenvalue weighted by atomic mass is 32.2. The van der Waals surface area contributed by atoms with Crippen LogP contribution in [0.2, 0.25) is 0 Å². The van der Waals surface area contributed by atoms with Crippen LogP contribution in [-0.4, -0.2) is 42.2 Å². The molecule has 0 spiro atoms. The number of rotatable bonds is 6. The zero-order chi connectivity index (χ0) is 11.3. The summed E-state index contributed by atoms with van der Waals surface area (Å²) in [4.78, 5) is 4.01. The van der Waals surface area contributed by atoms with Gasteiger partial charge >= 0.3 is 0 Å². The molecule has 0 aliphatic carbocycles. The molecule has 0 amide bonds. The van der Waals surface area contributed by atoms with Gasteiger partial charge in [-0.1, -0.05) is 0 Å². The van der Waals surface area contributed by atoms with Crippen molar-refractivity contribution in [3.63, 3.8) is 0 Å². The highest BCUT2D eigenvalue weighted by Gasteiger charge is 2.17. The quantitative estimate of drug-likeness (QED) is 0.787. The summed E-state index contributed by atoms with van der Waals surface area (Å²) < 4.78 is 24.5. The Morgan fingerprint density at radius 2 is 2.33 bits per heavy atom. The summed E-state index contributed by atoms with van der Waals surface area (Å²) in [7, 11) is -1.74. The number of hydrogen-bond acceptors (Lipinski definition) is 5. The van der Waals surface area contributed by atoms with Crippen molar-refractivity contribution in [2.24, 2.45) is 0 Å². The summed E-state index contributed by atoms with van der Waals surface area (Å²) in [5, 5.41) is 10.4. The van der Waals surface area contributed by atoms with E-state index in [1.807, 2.05) is 5.38 Å². The SMILES string of the molecule is CN(Cc1cscn1)S(=O)(=O)CCCO. The zero-order valence-electron chi connectivity index (χ0n) is 8.46. The first-order chi connectivity index (χ1) is 7.06. The van der Waals surface area contributed by atoms with Crippen molar-refractivity contribution in [2.45, 2.75) is 13.0 Å². The van der Waals surface area contributed by atoms with Crippen molar-refractivity contribution in [3.8, 4) is 0 Å². The topological polar surface area (TPSA) is 70.5 Å². The maximum absolute atomic E-state index is 11.6. The molecule has 15 heavy (non-hydrogen) atoms. The molecule has 0 aliphatic rings. The Labute approximate surface area is 93.4 Å². The molecule has 0 fully saturated rings. The van der Waals surface area contributed by atoms with Crippen molar-refractivity contribution >= 4 is 21.4 Å². The molecule has 1 aromatic heterocycles. The van der Waals surface area contributed by atoms with Gasteiger partial charge in [0.25, 0.3) is 0 Å². The zero-order valence-corrected chi connectivity index (χ0v) is 10.1. The van der Waals surface area contributed by atoms with Crippen LogP contribution >= 0.6 is 11.3 Å². The Morgan fingerprint density at radius 1 is 1.60 bits per heavy atom. The molecular weight excluding hydrogens is 236 g/mol. The third kappa shape index (κ3) is 3.86. The number of aliphatic hydroxyl groups excluding tert-OH is 1. The summed E-state index contributed by atoms with van der Waals surface area (Å²) >= 11 is 1.44. The maximum Gasteiger partial charge on any atom is 0.214 e. The van der Waals surface area contributed by atoms with E-state index >= 15 is 0 Å². The molecule has 0 bridgehead atoms. The lowest BCUT2D eigenvalue weighted by Gasteiger charge is -2.15. The largest absolute Gasteiger partial charge is 0.396 e. The van der Waals surface area contributed by atoms with Crippen molar-refractivity contribution in [1.82, 2.24) is 9.29 Å². The second-order valence-electron chi connectivity index (χ2n) is 3.13. The molecule has 1 rings (SSSR count). The van der Waals surface area contributed by atoms with Crippen LogP contribution in [0.4, 0.5) is 0 Å². The Balaban J connectivity index is 2.56. The lowest BCUT2D eigenvalue weighted by atomic mass is 10.5. The van der Waals surface area contributed by atoms with E-state index in [4.69, 9.17) is 5.11 Å². The molecule has 0 saturated carbocycles. The lowest BCUT2D eigenvalue weighted by Crippen LogP contribution is -2.29. The Hall–Kier alpha value is -0.500. The molecule has 1 heterocycles. The number of sulfonamides is 1. The van der Waals surface area contributed by atoms with E-state index in [1.165, 1.54) is 22.7 Å². The van der Waals surface area contributed by atoms with E-state index in [-0.39, 0.29) is 25.3 Å². The first-order valence-corrected chi connectivity index (χ1v) is 7.03. The second kappa shape index (κ2) is 5.55. The molecule has 0 aromatic carbocycles. The molecule has 1 N–H and O–H groups in total. The molecule has 1 aromatic rings. The fraction of sp³-hybridized carbons (Fsp3) is 0.625. The van der Waals surface area contributed by atoms with E-state index in [0.717, 1.165) is 5.69 Å². The number of aromatic nitrogens is 1. The van der Waals surface area contributed by atoms with Crippen LogP contribution in [0.5, 0.6) is 0 Å². The Bertz CT molecular complexity index is 375. The standard InChI is InChI=1S/C8H14N2O3S2/c1-10(5-8-6-14-7-9-8)15(12,13)4-2-3-11/h6-7,11H,2-5H2,1H3. The van der Waals surface area contributed by atoms with Crippen LogP contribution < -0.4 is 0 Å².